The van der Waals surface area contributed by atoms with E-state index in [4.69, 9.17) is 4.42 Å². The van der Waals surface area contributed by atoms with Crippen molar-refractivity contribution in [1.82, 2.24) is 10.3 Å². The number of amides is 1. The van der Waals surface area contributed by atoms with E-state index >= 15 is 0 Å². The van der Waals surface area contributed by atoms with Gasteiger partial charge in [0.25, 0.3) is 5.91 Å². The van der Waals surface area contributed by atoms with Gasteiger partial charge in [-0.05, 0) is 26.0 Å². The molecule has 0 atom stereocenters. The van der Waals surface area contributed by atoms with Crippen molar-refractivity contribution >= 4 is 5.91 Å². The van der Waals surface area contributed by atoms with Crippen molar-refractivity contribution in [3.63, 3.8) is 0 Å². The Labute approximate surface area is 104 Å². The maximum atomic E-state index is 13.3. The van der Waals surface area contributed by atoms with Crippen LogP contribution >= 0.6 is 0 Å². The summed E-state index contributed by atoms with van der Waals surface area (Å²) in [6.07, 6.45) is 0. The summed E-state index contributed by atoms with van der Waals surface area (Å²) in [5.74, 6) is 0.0937. The van der Waals surface area contributed by atoms with Crippen LogP contribution in [-0.4, -0.2) is 10.9 Å². The van der Waals surface area contributed by atoms with Gasteiger partial charge in [0.2, 0.25) is 5.89 Å². The van der Waals surface area contributed by atoms with Gasteiger partial charge in [-0.25, -0.2) is 9.37 Å². The zero-order valence-corrected chi connectivity index (χ0v) is 10.2. The van der Waals surface area contributed by atoms with Crippen LogP contribution in [0.3, 0.4) is 0 Å². The molecular weight excluding hydrogens is 235 g/mol. The molecule has 0 radical (unpaired) electrons. The molecule has 1 aromatic carbocycles. The number of hydrogen-bond acceptors (Lipinski definition) is 3. The van der Waals surface area contributed by atoms with Gasteiger partial charge in [0.1, 0.15) is 11.6 Å². The van der Waals surface area contributed by atoms with Crippen molar-refractivity contribution in [1.29, 1.82) is 0 Å². The highest BCUT2D eigenvalue weighted by molar-refractivity contribution is 5.94. The topological polar surface area (TPSA) is 55.1 Å². The molecule has 2 rings (SSSR count). The summed E-state index contributed by atoms with van der Waals surface area (Å²) < 4.78 is 18.6. The molecule has 0 fully saturated rings. The molecule has 94 valence electrons. The number of aryl methyl sites for hydroxylation is 2. The molecule has 0 aliphatic rings. The fourth-order valence-corrected chi connectivity index (χ4v) is 1.51. The molecule has 2 aromatic rings. The van der Waals surface area contributed by atoms with Gasteiger partial charge >= 0.3 is 0 Å². The molecule has 0 saturated carbocycles. The molecule has 1 N–H and O–H groups in total. The van der Waals surface area contributed by atoms with Crippen molar-refractivity contribution in [2.45, 2.75) is 20.4 Å². The van der Waals surface area contributed by atoms with Gasteiger partial charge in [0.05, 0.1) is 17.8 Å². The van der Waals surface area contributed by atoms with Gasteiger partial charge < -0.3 is 9.73 Å². The van der Waals surface area contributed by atoms with Crippen LogP contribution in [0.2, 0.25) is 0 Å². The lowest BCUT2D eigenvalue weighted by molar-refractivity contribution is 0.0943. The van der Waals surface area contributed by atoms with Gasteiger partial charge in [-0.15, -0.1) is 0 Å². The molecule has 5 heteroatoms. The van der Waals surface area contributed by atoms with Crippen molar-refractivity contribution in [3.8, 4) is 0 Å². The maximum Gasteiger partial charge on any atom is 0.254 e. The summed E-state index contributed by atoms with van der Waals surface area (Å²) >= 11 is 0. The number of aromatic nitrogens is 1. The Hall–Kier alpha value is -2.17. The van der Waals surface area contributed by atoms with E-state index in [1.165, 1.54) is 18.2 Å². The van der Waals surface area contributed by atoms with Gasteiger partial charge in [0.15, 0.2) is 0 Å². The van der Waals surface area contributed by atoms with Crippen molar-refractivity contribution in [3.05, 3.63) is 53.0 Å². The number of oxazole rings is 1. The molecular formula is C13H13FN2O2. The van der Waals surface area contributed by atoms with Gasteiger partial charge in [-0.1, -0.05) is 12.1 Å². The molecule has 0 saturated heterocycles. The van der Waals surface area contributed by atoms with Crippen LogP contribution in [0, 0.1) is 19.7 Å². The highest BCUT2D eigenvalue weighted by Gasteiger charge is 2.12. The number of halogens is 1. The van der Waals surface area contributed by atoms with E-state index in [-0.39, 0.29) is 12.1 Å². The van der Waals surface area contributed by atoms with E-state index in [1.807, 2.05) is 6.92 Å². The normalized spacial score (nSPS) is 10.4. The highest BCUT2D eigenvalue weighted by Crippen LogP contribution is 2.09. The van der Waals surface area contributed by atoms with E-state index in [0.29, 0.717) is 11.7 Å². The number of carbonyl (C=O) groups excluding carboxylic acids is 1. The summed E-state index contributed by atoms with van der Waals surface area (Å²) in [7, 11) is 0. The van der Waals surface area contributed by atoms with E-state index < -0.39 is 11.7 Å². The minimum Gasteiger partial charge on any atom is -0.444 e. The highest BCUT2D eigenvalue weighted by atomic mass is 19.1. The predicted molar refractivity (Wildman–Crippen MR) is 63.5 cm³/mol. The maximum absolute atomic E-state index is 13.3. The van der Waals surface area contributed by atoms with Crippen molar-refractivity contribution in [2.24, 2.45) is 0 Å². The fourth-order valence-electron chi connectivity index (χ4n) is 1.51. The van der Waals surface area contributed by atoms with Crippen LogP contribution < -0.4 is 5.32 Å². The zero-order valence-electron chi connectivity index (χ0n) is 10.2. The third-order valence-electron chi connectivity index (χ3n) is 2.59. The lowest BCUT2D eigenvalue weighted by Gasteiger charge is -2.03. The van der Waals surface area contributed by atoms with Gasteiger partial charge in [-0.2, -0.15) is 0 Å². The second-order valence-corrected chi connectivity index (χ2v) is 3.91. The second kappa shape index (κ2) is 5.00. The first-order chi connectivity index (χ1) is 8.58. The minimum atomic E-state index is -0.547. The number of hydrogen-bond donors (Lipinski definition) is 1. The average molecular weight is 248 g/mol. The van der Waals surface area contributed by atoms with Crippen LogP contribution in [0.15, 0.2) is 28.7 Å². The van der Waals surface area contributed by atoms with Crippen LogP contribution in [0.4, 0.5) is 4.39 Å². The smallest absolute Gasteiger partial charge is 0.254 e. The number of nitrogens with one attached hydrogen (secondary N) is 1. The monoisotopic (exact) mass is 248 g/mol. The molecule has 4 nitrogen and oxygen atoms in total. The minimum absolute atomic E-state index is 0.0116. The van der Waals surface area contributed by atoms with E-state index in [0.717, 1.165) is 5.69 Å². The summed E-state index contributed by atoms with van der Waals surface area (Å²) in [6, 6.07) is 5.81. The quantitative estimate of drug-likeness (QED) is 0.907. The van der Waals surface area contributed by atoms with E-state index in [9.17, 15) is 9.18 Å². The van der Waals surface area contributed by atoms with Crippen LogP contribution in [0.5, 0.6) is 0 Å². The van der Waals surface area contributed by atoms with Crippen LogP contribution in [0.1, 0.15) is 27.7 Å². The van der Waals surface area contributed by atoms with E-state index in [1.54, 1.807) is 13.0 Å². The lowest BCUT2D eigenvalue weighted by Crippen LogP contribution is -2.23. The number of nitrogens with zero attached hydrogens (tertiary/aromatic N) is 1. The summed E-state index contributed by atoms with van der Waals surface area (Å²) in [5, 5.41) is 2.56. The summed E-state index contributed by atoms with van der Waals surface area (Å²) in [5.41, 5.74) is 0.794. The van der Waals surface area contributed by atoms with Crippen molar-refractivity contribution in [2.75, 3.05) is 0 Å². The van der Waals surface area contributed by atoms with Crippen LogP contribution in [-0.2, 0) is 6.54 Å². The van der Waals surface area contributed by atoms with E-state index in [2.05, 4.69) is 10.3 Å². The Morgan fingerprint density at radius 2 is 2.11 bits per heavy atom. The Morgan fingerprint density at radius 1 is 1.39 bits per heavy atom. The molecule has 0 unspecified atom stereocenters. The Bertz CT molecular complexity index is 559. The third-order valence-corrected chi connectivity index (χ3v) is 2.59. The predicted octanol–water partition coefficient (Wildman–Crippen LogP) is 2.36. The fraction of sp³-hybridized carbons (Fsp3) is 0.231. The third kappa shape index (κ3) is 2.56. The number of rotatable bonds is 3. The molecule has 0 spiro atoms. The summed E-state index contributed by atoms with van der Waals surface area (Å²) in [6.45, 7) is 3.76. The summed E-state index contributed by atoms with van der Waals surface area (Å²) in [4.78, 5) is 15.8. The lowest BCUT2D eigenvalue weighted by atomic mass is 10.2. The first kappa shape index (κ1) is 12.3. The SMILES string of the molecule is Cc1nc(CNC(=O)c2ccccc2F)oc1C. The Balaban J connectivity index is 2.03. The second-order valence-electron chi connectivity index (χ2n) is 3.91. The Morgan fingerprint density at radius 3 is 2.72 bits per heavy atom. The number of benzene rings is 1. The molecule has 0 aliphatic carbocycles. The molecule has 1 amide bonds. The molecule has 18 heavy (non-hydrogen) atoms. The van der Waals surface area contributed by atoms with Crippen LogP contribution in [0.25, 0.3) is 0 Å². The molecule has 0 aliphatic heterocycles. The van der Waals surface area contributed by atoms with Gasteiger partial charge in [0, 0.05) is 0 Å². The zero-order chi connectivity index (χ0) is 13.1. The van der Waals surface area contributed by atoms with Crippen molar-refractivity contribution < 1.29 is 13.6 Å². The molecule has 1 aromatic heterocycles. The molecule has 0 bridgehead atoms. The first-order valence-corrected chi connectivity index (χ1v) is 5.53. The number of carbonyl (C=O) groups is 1. The average Bonchev–Trinajstić information content (AvgIpc) is 2.66. The largest absolute Gasteiger partial charge is 0.444 e. The molecule has 1 heterocycles. The first-order valence-electron chi connectivity index (χ1n) is 5.53. The standard InChI is InChI=1S/C13H13FN2O2/c1-8-9(2)18-12(16-8)7-15-13(17)10-5-3-4-6-11(10)14/h3-6H,7H2,1-2H3,(H,15,17). The van der Waals surface area contributed by atoms with Gasteiger partial charge in [-0.3, -0.25) is 4.79 Å². The Kier molecular flexibility index (Phi) is 3.41.